The number of benzene rings is 6. The molecular weight excluding hydrogens is 675 g/mol. The molecule has 9 rings (SSSR count). The third kappa shape index (κ3) is 5.63. The van der Waals surface area contributed by atoms with Gasteiger partial charge in [-0.25, -0.2) is 0 Å². The fourth-order valence-corrected chi connectivity index (χ4v) is 10.9. The number of anilines is 3. The van der Waals surface area contributed by atoms with E-state index in [0.29, 0.717) is 0 Å². The SMILES string of the molecule is CC1(C)CCC(C)(C)c2c(-c3ccc(N(c4ccccc4)c4cc5c(cc4-c4cccc6c4C(C)(C)CCC6(C)C)-c4ccccc4C5(C)C)cc3)cccc21. The van der Waals surface area contributed by atoms with Gasteiger partial charge in [0.1, 0.15) is 0 Å². The van der Waals surface area contributed by atoms with Crippen LogP contribution in [0.4, 0.5) is 17.1 Å². The average Bonchev–Trinajstić information content (AvgIpc) is 3.41. The summed E-state index contributed by atoms with van der Waals surface area (Å²) in [5.41, 5.74) is 20.7. The van der Waals surface area contributed by atoms with Gasteiger partial charge >= 0.3 is 0 Å². The molecule has 0 aromatic heterocycles. The van der Waals surface area contributed by atoms with Crippen molar-refractivity contribution in [2.24, 2.45) is 0 Å². The Balaban J connectivity index is 1.30. The van der Waals surface area contributed by atoms with Crippen molar-refractivity contribution in [3.05, 3.63) is 161 Å². The van der Waals surface area contributed by atoms with Crippen LogP contribution in [0.3, 0.4) is 0 Å². The molecule has 3 aliphatic carbocycles. The topological polar surface area (TPSA) is 3.24 Å². The summed E-state index contributed by atoms with van der Waals surface area (Å²) in [6.07, 6.45) is 4.77. The molecule has 1 heteroatoms. The molecule has 0 amide bonds. The van der Waals surface area contributed by atoms with E-state index in [0.717, 1.165) is 0 Å². The summed E-state index contributed by atoms with van der Waals surface area (Å²) in [6, 6.07) is 48.9. The van der Waals surface area contributed by atoms with Crippen molar-refractivity contribution < 1.29 is 0 Å². The van der Waals surface area contributed by atoms with Crippen LogP contribution in [0.2, 0.25) is 0 Å². The first-order valence-electron chi connectivity index (χ1n) is 21.0. The average molecular weight is 734 g/mol. The number of nitrogens with zero attached hydrogens (tertiary/aromatic N) is 1. The predicted octanol–water partition coefficient (Wildman–Crippen LogP) is 15.5. The van der Waals surface area contributed by atoms with Crippen LogP contribution < -0.4 is 4.90 Å². The Bertz CT molecular complexity index is 2490. The van der Waals surface area contributed by atoms with Crippen molar-refractivity contribution in [1.82, 2.24) is 0 Å². The van der Waals surface area contributed by atoms with Gasteiger partial charge in [-0.3, -0.25) is 0 Å². The molecule has 0 saturated carbocycles. The highest BCUT2D eigenvalue weighted by Gasteiger charge is 2.42. The normalized spacial score (nSPS) is 19.0. The van der Waals surface area contributed by atoms with Gasteiger partial charge in [0.25, 0.3) is 0 Å². The van der Waals surface area contributed by atoms with Crippen LogP contribution in [0.15, 0.2) is 127 Å². The van der Waals surface area contributed by atoms with Crippen LogP contribution in [-0.2, 0) is 27.1 Å². The van der Waals surface area contributed by atoms with Crippen LogP contribution in [0.1, 0.15) is 128 Å². The summed E-state index contributed by atoms with van der Waals surface area (Å²) < 4.78 is 0. The molecule has 6 aromatic carbocycles. The minimum absolute atomic E-state index is 0.0469. The molecule has 0 saturated heterocycles. The number of rotatable bonds is 5. The van der Waals surface area contributed by atoms with Gasteiger partial charge in [-0.15, -0.1) is 0 Å². The van der Waals surface area contributed by atoms with E-state index in [-0.39, 0.29) is 27.1 Å². The van der Waals surface area contributed by atoms with Crippen LogP contribution in [-0.4, -0.2) is 0 Å². The monoisotopic (exact) mass is 733 g/mol. The molecular formula is C55H59N. The smallest absolute Gasteiger partial charge is 0.0543 e. The first kappa shape index (κ1) is 36.7. The number of hydrogen-bond acceptors (Lipinski definition) is 1. The molecule has 0 spiro atoms. The van der Waals surface area contributed by atoms with E-state index in [1.807, 2.05) is 0 Å². The maximum absolute atomic E-state index is 2.55. The Hall–Kier alpha value is -4.88. The highest BCUT2D eigenvalue weighted by Crippen LogP contribution is 2.57. The van der Waals surface area contributed by atoms with Gasteiger partial charge in [-0.05, 0) is 145 Å². The van der Waals surface area contributed by atoms with Crippen molar-refractivity contribution in [3.63, 3.8) is 0 Å². The molecule has 0 bridgehead atoms. The second kappa shape index (κ2) is 12.6. The van der Waals surface area contributed by atoms with Gasteiger partial charge in [-0.1, -0.05) is 160 Å². The summed E-state index contributed by atoms with van der Waals surface area (Å²) in [7, 11) is 0. The molecule has 3 aliphatic rings. The molecule has 0 fully saturated rings. The summed E-state index contributed by atoms with van der Waals surface area (Å²) in [6.45, 7) is 24.4. The minimum Gasteiger partial charge on any atom is -0.310 e. The standard InChI is InChI=1S/C55H59N/c1-51(2)30-32-53(5,6)49-39(21-16-24-45(49)51)36-26-28-38(29-27-36)56(37-18-12-11-13-19-37)48-35-47-42(40-20-14-15-23-44(40)55(47,9)10)34-43(48)41-22-17-25-46-50(41)54(7,8)33-31-52(46,3)4/h11-29,34-35H,30-33H2,1-10H3. The lowest BCUT2D eigenvalue weighted by atomic mass is 9.61. The maximum Gasteiger partial charge on any atom is 0.0543 e. The summed E-state index contributed by atoms with van der Waals surface area (Å²) in [5, 5.41) is 0. The van der Waals surface area contributed by atoms with Crippen molar-refractivity contribution in [2.45, 2.75) is 122 Å². The summed E-state index contributed by atoms with van der Waals surface area (Å²) in [4.78, 5) is 2.53. The maximum atomic E-state index is 2.55. The van der Waals surface area contributed by atoms with Gasteiger partial charge in [-0.2, -0.15) is 0 Å². The molecule has 6 aromatic rings. The predicted molar refractivity (Wildman–Crippen MR) is 240 cm³/mol. The minimum atomic E-state index is -0.129. The molecule has 0 N–H and O–H groups in total. The van der Waals surface area contributed by atoms with Crippen LogP contribution in [0.25, 0.3) is 33.4 Å². The van der Waals surface area contributed by atoms with Gasteiger partial charge in [0.15, 0.2) is 0 Å². The van der Waals surface area contributed by atoms with Crippen LogP contribution in [0.5, 0.6) is 0 Å². The molecule has 1 nitrogen and oxygen atoms in total. The second-order valence-corrected chi connectivity index (χ2v) is 20.3. The van der Waals surface area contributed by atoms with Gasteiger partial charge in [0.2, 0.25) is 0 Å². The van der Waals surface area contributed by atoms with E-state index in [4.69, 9.17) is 0 Å². The highest BCUT2D eigenvalue weighted by atomic mass is 15.1. The van der Waals surface area contributed by atoms with E-state index in [2.05, 4.69) is 202 Å². The van der Waals surface area contributed by atoms with E-state index < -0.39 is 0 Å². The van der Waals surface area contributed by atoms with Crippen molar-refractivity contribution in [2.75, 3.05) is 4.90 Å². The zero-order valence-electron chi connectivity index (χ0n) is 35.4. The number of para-hydroxylation sites is 1. The molecule has 0 aliphatic heterocycles. The van der Waals surface area contributed by atoms with E-state index in [1.165, 1.54) is 110 Å². The van der Waals surface area contributed by atoms with Gasteiger partial charge < -0.3 is 4.90 Å². The second-order valence-electron chi connectivity index (χ2n) is 20.3. The fourth-order valence-electron chi connectivity index (χ4n) is 10.9. The third-order valence-electron chi connectivity index (χ3n) is 14.4. The first-order valence-corrected chi connectivity index (χ1v) is 21.0. The van der Waals surface area contributed by atoms with E-state index in [1.54, 1.807) is 0 Å². The van der Waals surface area contributed by atoms with Gasteiger partial charge in [0.05, 0.1) is 5.69 Å². The highest BCUT2D eigenvalue weighted by molar-refractivity contribution is 5.96. The molecule has 0 radical (unpaired) electrons. The van der Waals surface area contributed by atoms with Crippen LogP contribution >= 0.6 is 0 Å². The molecule has 0 atom stereocenters. The lowest BCUT2D eigenvalue weighted by Gasteiger charge is -2.43. The van der Waals surface area contributed by atoms with Crippen molar-refractivity contribution in [3.8, 4) is 33.4 Å². The Morgan fingerprint density at radius 2 is 0.839 bits per heavy atom. The van der Waals surface area contributed by atoms with Crippen molar-refractivity contribution >= 4 is 17.1 Å². The lowest BCUT2D eigenvalue weighted by molar-refractivity contribution is 0.333. The third-order valence-corrected chi connectivity index (χ3v) is 14.4. The van der Waals surface area contributed by atoms with E-state index in [9.17, 15) is 0 Å². The fraction of sp³-hybridized carbons (Fsp3) is 0.345. The molecule has 56 heavy (non-hydrogen) atoms. The van der Waals surface area contributed by atoms with E-state index >= 15 is 0 Å². The lowest BCUT2D eigenvalue weighted by Crippen LogP contribution is -2.34. The Kier molecular flexibility index (Phi) is 8.24. The molecule has 0 unspecified atom stereocenters. The largest absolute Gasteiger partial charge is 0.310 e. The Morgan fingerprint density at radius 1 is 0.357 bits per heavy atom. The zero-order valence-corrected chi connectivity index (χ0v) is 35.4. The summed E-state index contributed by atoms with van der Waals surface area (Å²) >= 11 is 0. The molecule has 0 heterocycles. The molecule has 284 valence electrons. The zero-order chi connectivity index (χ0) is 39.4. The first-order chi connectivity index (χ1) is 26.5. The van der Waals surface area contributed by atoms with Gasteiger partial charge in [0, 0.05) is 22.4 Å². The quantitative estimate of drug-likeness (QED) is 0.171. The number of fused-ring (bicyclic) bond motifs is 5. The Labute approximate surface area is 336 Å². The summed E-state index contributed by atoms with van der Waals surface area (Å²) in [5.74, 6) is 0. The number of hydrogen-bond donors (Lipinski definition) is 0. The van der Waals surface area contributed by atoms with Crippen LogP contribution in [0, 0.1) is 0 Å². The van der Waals surface area contributed by atoms with Crippen molar-refractivity contribution in [1.29, 1.82) is 0 Å². The Morgan fingerprint density at radius 3 is 1.46 bits per heavy atom.